The van der Waals surface area contributed by atoms with Crippen molar-refractivity contribution < 1.29 is 4.74 Å². The van der Waals surface area contributed by atoms with Gasteiger partial charge in [-0.15, -0.1) is 0 Å². The Hall–Kier alpha value is -0.860. The van der Waals surface area contributed by atoms with E-state index < -0.39 is 0 Å². The third-order valence-electron chi connectivity index (χ3n) is 5.23. The lowest BCUT2D eigenvalue weighted by Crippen LogP contribution is -2.53. The highest BCUT2D eigenvalue weighted by Crippen LogP contribution is 2.43. The third-order valence-corrected chi connectivity index (χ3v) is 5.23. The van der Waals surface area contributed by atoms with E-state index in [1.54, 1.807) is 0 Å². The van der Waals surface area contributed by atoms with Crippen LogP contribution in [0, 0.1) is 12.3 Å². The molecule has 1 aromatic rings. The molecule has 0 amide bonds. The van der Waals surface area contributed by atoms with Crippen molar-refractivity contribution in [3.05, 3.63) is 35.4 Å². The fourth-order valence-corrected chi connectivity index (χ4v) is 3.34. The number of nitrogens with two attached hydrogens (primary N) is 1. The van der Waals surface area contributed by atoms with Gasteiger partial charge in [-0.1, -0.05) is 38.1 Å². The number of hydrogen-bond acceptors (Lipinski definition) is 2. The summed E-state index contributed by atoms with van der Waals surface area (Å²) in [6.07, 6.45) is 5.44. The van der Waals surface area contributed by atoms with Gasteiger partial charge in [-0.2, -0.15) is 0 Å². The van der Waals surface area contributed by atoms with Crippen molar-refractivity contribution in [3.63, 3.8) is 0 Å². The first-order valence-electron chi connectivity index (χ1n) is 7.74. The average Bonchev–Trinajstić information content (AvgIpc) is 2.42. The van der Waals surface area contributed by atoms with Crippen molar-refractivity contribution in [2.45, 2.75) is 64.5 Å². The van der Waals surface area contributed by atoms with E-state index in [-0.39, 0.29) is 11.6 Å². The van der Waals surface area contributed by atoms with Gasteiger partial charge in [0.2, 0.25) is 0 Å². The van der Waals surface area contributed by atoms with Crippen LogP contribution in [-0.4, -0.2) is 18.8 Å². The van der Waals surface area contributed by atoms with E-state index in [4.69, 9.17) is 10.5 Å². The molecule has 1 aliphatic rings. The first-order chi connectivity index (χ1) is 9.38. The number of rotatable bonds is 4. The minimum Gasteiger partial charge on any atom is -0.377 e. The molecule has 1 atom stereocenters. The van der Waals surface area contributed by atoms with Gasteiger partial charge in [-0.25, -0.2) is 0 Å². The lowest BCUT2D eigenvalue weighted by molar-refractivity contribution is -0.0781. The number of methoxy groups -OCH3 is 1. The maximum absolute atomic E-state index is 6.56. The lowest BCUT2D eigenvalue weighted by Gasteiger charge is -2.46. The Bertz CT molecular complexity index is 442. The van der Waals surface area contributed by atoms with Gasteiger partial charge in [0.1, 0.15) is 0 Å². The number of benzene rings is 1. The molecule has 2 nitrogen and oxygen atoms in total. The second-order valence-electron chi connectivity index (χ2n) is 7.17. The van der Waals surface area contributed by atoms with Gasteiger partial charge < -0.3 is 10.5 Å². The molecule has 20 heavy (non-hydrogen) atoms. The lowest BCUT2D eigenvalue weighted by atomic mass is 9.67. The highest BCUT2D eigenvalue weighted by molar-refractivity contribution is 5.27. The minimum atomic E-state index is -0.141. The molecular formula is C18H29NO. The van der Waals surface area contributed by atoms with Crippen LogP contribution in [0.15, 0.2) is 24.3 Å². The van der Waals surface area contributed by atoms with Gasteiger partial charge in [0.15, 0.2) is 0 Å². The van der Waals surface area contributed by atoms with Crippen molar-refractivity contribution in [1.29, 1.82) is 0 Å². The number of hydrogen-bond donors (Lipinski definition) is 1. The van der Waals surface area contributed by atoms with Gasteiger partial charge in [0.05, 0.1) is 5.60 Å². The van der Waals surface area contributed by atoms with Gasteiger partial charge in [0.25, 0.3) is 0 Å². The Morgan fingerprint density at radius 3 is 2.30 bits per heavy atom. The second-order valence-corrected chi connectivity index (χ2v) is 7.17. The molecule has 1 fully saturated rings. The molecule has 0 saturated heterocycles. The summed E-state index contributed by atoms with van der Waals surface area (Å²) in [7, 11) is 1.83. The molecule has 1 unspecified atom stereocenters. The fraction of sp³-hybridized carbons (Fsp3) is 0.667. The predicted molar refractivity (Wildman–Crippen MR) is 84.8 cm³/mol. The Labute approximate surface area is 123 Å². The molecule has 1 aromatic carbocycles. The van der Waals surface area contributed by atoms with Crippen LogP contribution in [0.1, 0.15) is 50.7 Å². The first-order valence-corrected chi connectivity index (χ1v) is 7.74. The van der Waals surface area contributed by atoms with Crippen molar-refractivity contribution in [2.24, 2.45) is 11.1 Å². The van der Waals surface area contributed by atoms with Crippen LogP contribution in [0.4, 0.5) is 0 Å². The van der Waals surface area contributed by atoms with Gasteiger partial charge in [-0.3, -0.25) is 0 Å². The van der Waals surface area contributed by atoms with E-state index in [9.17, 15) is 0 Å². The van der Waals surface area contributed by atoms with Crippen LogP contribution in [0.2, 0.25) is 0 Å². The Kier molecular flexibility index (Phi) is 4.55. The maximum atomic E-state index is 6.56. The van der Waals surface area contributed by atoms with E-state index >= 15 is 0 Å². The zero-order valence-corrected chi connectivity index (χ0v) is 13.4. The van der Waals surface area contributed by atoms with Crippen LogP contribution in [0.3, 0.4) is 0 Å². The molecule has 1 saturated carbocycles. The molecule has 2 rings (SSSR count). The highest BCUT2D eigenvalue weighted by Gasteiger charge is 2.42. The minimum absolute atomic E-state index is 0.0738. The fourth-order valence-electron chi connectivity index (χ4n) is 3.34. The summed E-state index contributed by atoms with van der Waals surface area (Å²) in [4.78, 5) is 0. The number of aryl methyl sites for hydroxylation is 1. The molecule has 0 heterocycles. The number of ether oxygens (including phenoxy) is 1. The average molecular weight is 275 g/mol. The van der Waals surface area contributed by atoms with Crippen molar-refractivity contribution in [2.75, 3.05) is 7.11 Å². The largest absolute Gasteiger partial charge is 0.377 e. The molecule has 2 heteroatoms. The normalized spacial score (nSPS) is 22.4. The standard InChI is InChI=1S/C18H29NO/c1-14-7-5-6-8-15(14)13-16(19)18(20-4)11-9-17(2,3)10-12-18/h5-8,16H,9-13,19H2,1-4H3. The summed E-state index contributed by atoms with van der Waals surface area (Å²) in [5.74, 6) is 0. The molecule has 0 spiro atoms. The van der Waals surface area contributed by atoms with Crippen molar-refractivity contribution in [3.8, 4) is 0 Å². The molecule has 112 valence electrons. The van der Waals surface area contributed by atoms with Crippen LogP contribution >= 0.6 is 0 Å². The maximum Gasteiger partial charge on any atom is 0.0832 e. The van der Waals surface area contributed by atoms with Gasteiger partial charge in [0, 0.05) is 13.2 Å². The molecule has 0 bridgehead atoms. The quantitative estimate of drug-likeness (QED) is 0.906. The van der Waals surface area contributed by atoms with Crippen LogP contribution < -0.4 is 5.73 Å². The summed E-state index contributed by atoms with van der Waals surface area (Å²) in [5, 5.41) is 0. The van der Waals surface area contributed by atoms with E-state index in [0.29, 0.717) is 5.41 Å². The summed E-state index contributed by atoms with van der Waals surface area (Å²) in [5.41, 5.74) is 9.53. The van der Waals surface area contributed by atoms with E-state index in [0.717, 1.165) is 19.3 Å². The third kappa shape index (κ3) is 3.24. The molecular weight excluding hydrogens is 246 g/mol. The summed E-state index contributed by atoms with van der Waals surface area (Å²) < 4.78 is 5.92. The van der Waals surface area contributed by atoms with E-state index in [2.05, 4.69) is 45.0 Å². The van der Waals surface area contributed by atoms with E-state index in [1.165, 1.54) is 24.0 Å². The van der Waals surface area contributed by atoms with Gasteiger partial charge in [-0.05, 0) is 55.6 Å². The first kappa shape index (κ1) is 15.5. The topological polar surface area (TPSA) is 35.2 Å². The highest BCUT2D eigenvalue weighted by atomic mass is 16.5. The SMILES string of the molecule is COC1(C(N)Cc2ccccc2C)CCC(C)(C)CC1. The molecule has 1 aliphatic carbocycles. The zero-order valence-electron chi connectivity index (χ0n) is 13.4. The molecule has 0 radical (unpaired) electrons. The van der Waals surface area contributed by atoms with Crippen LogP contribution in [-0.2, 0) is 11.2 Å². The summed E-state index contributed by atoms with van der Waals surface area (Å²) in [6.45, 7) is 6.85. The van der Waals surface area contributed by atoms with Crippen LogP contribution in [0.25, 0.3) is 0 Å². The Balaban J connectivity index is 2.10. The van der Waals surface area contributed by atoms with Gasteiger partial charge >= 0.3 is 0 Å². The zero-order chi connectivity index (χ0) is 14.8. The predicted octanol–water partition coefficient (Wildman–Crippen LogP) is 3.85. The Morgan fingerprint density at radius 1 is 1.15 bits per heavy atom. The monoisotopic (exact) mass is 275 g/mol. The van der Waals surface area contributed by atoms with Crippen molar-refractivity contribution in [1.82, 2.24) is 0 Å². The van der Waals surface area contributed by atoms with Crippen molar-refractivity contribution >= 4 is 0 Å². The Morgan fingerprint density at radius 2 is 1.75 bits per heavy atom. The summed E-state index contributed by atoms with van der Waals surface area (Å²) in [6, 6.07) is 8.60. The van der Waals surface area contributed by atoms with Crippen LogP contribution in [0.5, 0.6) is 0 Å². The second kappa shape index (κ2) is 5.87. The molecule has 0 aromatic heterocycles. The smallest absolute Gasteiger partial charge is 0.0832 e. The summed E-state index contributed by atoms with van der Waals surface area (Å²) >= 11 is 0. The molecule has 0 aliphatic heterocycles. The van der Waals surface area contributed by atoms with E-state index in [1.807, 2.05) is 7.11 Å². The molecule has 2 N–H and O–H groups in total.